The van der Waals surface area contributed by atoms with Gasteiger partial charge in [-0.05, 0) is 29.8 Å². The molecule has 1 heterocycles. The van der Waals surface area contributed by atoms with Crippen molar-refractivity contribution < 1.29 is 9.59 Å². The lowest BCUT2D eigenvalue weighted by atomic mass is 9.90. The highest BCUT2D eigenvalue weighted by atomic mass is 16.2. The predicted molar refractivity (Wildman–Crippen MR) is 82.2 cm³/mol. The van der Waals surface area contributed by atoms with E-state index in [1.165, 1.54) is 0 Å². The topological polar surface area (TPSA) is 82.0 Å². The summed E-state index contributed by atoms with van der Waals surface area (Å²) in [6, 6.07) is 16.0. The number of carbonyl (C=O) groups is 2. The van der Waals surface area contributed by atoms with Crippen LogP contribution < -0.4 is 10.6 Å². The van der Waals surface area contributed by atoms with Crippen LogP contribution in [0, 0.1) is 11.3 Å². The number of fused-ring (bicyclic) bond motifs is 1. The molecule has 0 aliphatic carbocycles. The summed E-state index contributed by atoms with van der Waals surface area (Å²) in [4.78, 5) is 24.3. The Kier molecular flexibility index (Phi) is 3.58. The minimum atomic E-state index is -0.532. The number of benzene rings is 2. The zero-order chi connectivity index (χ0) is 15.5. The molecule has 5 heteroatoms. The molecule has 0 saturated heterocycles. The molecule has 22 heavy (non-hydrogen) atoms. The van der Waals surface area contributed by atoms with Crippen LogP contribution in [0.25, 0.3) is 0 Å². The molecule has 0 saturated carbocycles. The van der Waals surface area contributed by atoms with Gasteiger partial charge in [0.05, 0.1) is 17.6 Å². The van der Waals surface area contributed by atoms with Gasteiger partial charge in [-0.3, -0.25) is 9.59 Å². The fourth-order valence-electron chi connectivity index (χ4n) is 2.54. The summed E-state index contributed by atoms with van der Waals surface area (Å²) >= 11 is 0. The van der Waals surface area contributed by atoms with Crippen LogP contribution in [0.4, 0.5) is 11.4 Å². The van der Waals surface area contributed by atoms with Gasteiger partial charge in [-0.1, -0.05) is 24.3 Å². The van der Waals surface area contributed by atoms with Crippen molar-refractivity contribution in [2.75, 3.05) is 10.6 Å². The highest BCUT2D eigenvalue weighted by Crippen LogP contribution is 2.32. The minimum Gasteiger partial charge on any atom is -0.326 e. The first-order valence-corrected chi connectivity index (χ1v) is 6.87. The summed E-state index contributed by atoms with van der Waals surface area (Å²) in [5.74, 6) is -0.960. The summed E-state index contributed by atoms with van der Waals surface area (Å²) in [7, 11) is 0. The number of hydrogen-bond donors (Lipinski definition) is 2. The van der Waals surface area contributed by atoms with Crippen LogP contribution in [-0.4, -0.2) is 11.8 Å². The Labute approximate surface area is 127 Å². The molecular weight excluding hydrogens is 278 g/mol. The molecule has 2 N–H and O–H groups in total. The first kappa shape index (κ1) is 13.8. The predicted octanol–water partition coefficient (Wildman–Crippen LogP) is 2.62. The zero-order valence-corrected chi connectivity index (χ0v) is 11.7. The van der Waals surface area contributed by atoms with E-state index in [0.29, 0.717) is 16.9 Å². The van der Waals surface area contributed by atoms with Crippen molar-refractivity contribution >= 4 is 23.2 Å². The molecule has 2 amide bonds. The highest BCUT2D eigenvalue weighted by molar-refractivity contribution is 6.05. The molecule has 0 radical (unpaired) electrons. The van der Waals surface area contributed by atoms with E-state index in [2.05, 4.69) is 10.6 Å². The fourth-order valence-corrected chi connectivity index (χ4v) is 2.54. The van der Waals surface area contributed by atoms with E-state index in [1.54, 1.807) is 30.3 Å². The molecule has 108 valence electrons. The summed E-state index contributed by atoms with van der Waals surface area (Å²) < 4.78 is 0. The van der Waals surface area contributed by atoms with Crippen molar-refractivity contribution in [1.82, 2.24) is 0 Å². The third-order valence-electron chi connectivity index (χ3n) is 3.58. The van der Waals surface area contributed by atoms with Crippen molar-refractivity contribution in [2.45, 2.75) is 12.3 Å². The van der Waals surface area contributed by atoms with Crippen molar-refractivity contribution in [3.8, 4) is 6.07 Å². The van der Waals surface area contributed by atoms with Crippen LogP contribution in [0.15, 0.2) is 48.5 Å². The van der Waals surface area contributed by atoms with E-state index in [-0.39, 0.29) is 18.2 Å². The standard InChI is InChI=1S/C17H13N3O2/c18-10-11-4-3-5-12(8-11)19-17(22)14-9-16(21)20-15-7-2-1-6-13(14)15/h1-8,14H,9H2,(H,19,22)(H,20,21). The third kappa shape index (κ3) is 2.67. The molecule has 2 aromatic carbocycles. The van der Waals surface area contributed by atoms with Gasteiger partial charge in [0, 0.05) is 17.8 Å². The van der Waals surface area contributed by atoms with Crippen molar-refractivity contribution in [1.29, 1.82) is 5.26 Å². The van der Waals surface area contributed by atoms with Crippen molar-refractivity contribution in [3.05, 3.63) is 59.7 Å². The summed E-state index contributed by atoms with van der Waals surface area (Å²) in [6.45, 7) is 0. The van der Waals surface area contributed by atoms with E-state index in [4.69, 9.17) is 5.26 Å². The van der Waals surface area contributed by atoms with Crippen LogP contribution in [0.1, 0.15) is 23.5 Å². The number of anilines is 2. The summed E-state index contributed by atoms with van der Waals surface area (Å²) in [5.41, 5.74) is 2.49. The van der Waals surface area contributed by atoms with E-state index in [1.807, 2.05) is 24.3 Å². The second-order valence-electron chi connectivity index (χ2n) is 5.07. The second-order valence-corrected chi connectivity index (χ2v) is 5.07. The monoisotopic (exact) mass is 291 g/mol. The smallest absolute Gasteiger partial charge is 0.232 e. The van der Waals surface area contributed by atoms with Gasteiger partial charge in [0.2, 0.25) is 11.8 Å². The number of amides is 2. The Balaban J connectivity index is 1.86. The summed E-state index contributed by atoms with van der Waals surface area (Å²) in [5, 5.41) is 14.4. The average molecular weight is 291 g/mol. The number of carbonyl (C=O) groups excluding carboxylic acids is 2. The normalized spacial score (nSPS) is 16.1. The summed E-state index contributed by atoms with van der Waals surface area (Å²) in [6.07, 6.45) is 0.112. The van der Waals surface area contributed by atoms with Gasteiger partial charge in [-0.25, -0.2) is 0 Å². The Morgan fingerprint density at radius 2 is 2.05 bits per heavy atom. The highest BCUT2D eigenvalue weighted by Gasteiger charge is 2.30. The van der Waals surface area contributed by atoms with E-state index in [9.17, 15) is 9.59 Å². The van der Waals surface area contributed by atoms with E-state index >= 15 is 0 Å². The average Bonchev–Trinajstić information content (AvgIpc) is 2.54. The third-order valence-corrected chi connectivity index (χ3v) is 3.58. The van der Waals surface area contributed by atoms with Gasteiger partial charge in [0.25, 0.3) is 0 Å². The molecule has 1 unspecified atom stereocenters. The molecule has 0 bridgehead atoms. The maximum atomic E-state index is 12.5. The maximum absolute atomic E-state index is 12.5. The van der Waals surface area contributed by atoms with Crippen molar-refractivity contribution in [2.24, 2.45) is 0 Å². The van der Waals surface area contributed by atoms with Gasteiger partial charge in [-0.2, -0.15) is 5.26 Å². The lowest BCUT2D eigenvalue weighted by molar-refractivity contribution is -0.123. The van der Waals surface area contributed by atoms with Gasteiger partial charge in [-0.15, -0.1) is 0 Å². The van der Waals surface area contributed by atoms with E-state index in [0.717, 1.165) is 5.56 Å². The zero-order valence-electron chi connectivity index (χ0n) is 11.7. The molecule has 1 aliphatic heterocycles. The molecular formula is C17H13N3O2. The van der Waals surface area contributed by atoms with Crippen LogP contribution in [0.5, 0.6) is 0 Å². The van der Waals surface area contributed by atoms with Gasteiger partial charge in [0.1, 0.15) is 0 Å². The van der Waals surface area contributed by atoms with Gasteiger partial charge >= 0.3 is 0 Å². The molecule has 1 aliphatic rings. The molecule has 0 spiro atoms. The Hall–Kier alpha value is -3.13. The Morgan fingerprint density at radius 3 is 2.86 bits per heavy atom. The van der Waals surface area contributed by atoms with Crippen LogP contribution in [0.2, 0.25) is 0 Å². The number of nitrogens with zero attached hydrogens (tertiary/aromatic N) is 1. The quantitative estimate of drug-likeness (QED) is 0.892. The van der Waals surface area contributed by atoms with Crippen LogP contribution >= 0.6 is 0 Å². The maximum Gasteiger partial charge on any atom is 0.232 e. The Morgan fingerprint density at radius 1 is 1.23 bits per heavy atom. The number of hydrogen-bond acceptors (Lipinski definition) is 3. The molecule has 0 fully saturated rings. The first-order valence-electron chi connectivity index (χ1n) is 6.87. The number of para-hydroxylation sites is 1. The van der Waals surface area contributed by atoms with Crippen LogP contribution in [0.3, 0.4) is 0 Å². The number of nitrogens with one attached hydrogen (secondary N) is 2. The van der Waals surface area contributed by atoms with Gasteiger partial charge < -0.3 is 10.6 Å². The SMILES string of the molecule is N#Cc1cccc(NC(=O)C2CC(=O)Nc3ccccc32)c1. The van der Waals surface area contributed by atoms with Crippen molar-refractivity contribution in [3.63, 3.8) is 0 Å². The number of rotatable bonds is 2. The number of nitriles is 1. The lowest BCUT2D eigenvalue weighted by Gasteiger charge is -2.24. The van der Waals surface area contributed by atoms with Crippen LogP contribution in [-0.2, 0) is 9.59 Å². The lowest BCUT2D eigenvalue weighted by Crippen LogP contribution is -2.30. The largest absolute Gasteiger partial charge is 0.326 e. The molecule has 2 aromatic rings. The molecule has 1 atom stereocenters. The first-order chi connectivity index (χ1) is 10.7. The van der Waals surface area contributed by atoms with Gasteiger partial charge in [0.15, 0.2) is 0 Å². The van der Waals surface area contributed by atoms with E-state index < -0.39 is 5.92 Å². The minimum absolute atomic E-state index is 0.112. The fraction of sp³-hybridized carbons (Fsp3) is 0.118. The molecule has 5 nitrogen and oxygen atoms in total. The molecule has 0 aromatic heterocycles. The Bertz CT molecular complexity index is 792. The molecule has 3 rings (SSSR count). The second kappa shape index (κ2) is 5.70.